The average molecular weight is 377 g/mol. The third kappa shape index (κ3) is 3.91. The Kier molecular flexibility index (Phi) is 4.99. The molecular formula is C22H21ClN4. The van der Waals surface area contributed by atoms with Crippen molar-refractivity contribution < 1.29 is 0 Å². The number of nitrogens with zero attached hydrogens (tertiary/aromatic N) is 1. The molecular weight excluding hydrogens is 356 g/mol. The number of hydrogen-bond donors (Lipinski definition) is 3. The van der Waals surface area contributed by atoms with Crippen molar-refractivity contribution in [1.82, 2.24) is 5.32 Å². The summed E-state index contributed by atoms with van der Waals surface area (Å²) in [6.45, 7) is 1.30. The highest BCUT2D eigenvalue weighted by atomic mass is 35.5. The van der Waals surface area contributed by atoms with Crippen molar-refractivity contribution in [2.45, 2.75) is 12.5 Å². The zero-order valence-corrected chi connectivity index (χ0v) is 15.6. The van der Waals surface area contributed by atoms with E-state index in [9.17, 15) is 0 Å². The van der Waals surface area contributed by atoms with Gasteiger partial charge in [-0.2, -0.15) is 0 Å². The lowest BCUT2D eigenvalue weighted by molar-refractivity contribution is 0.818. The number of aliphatic imine (C=N–C) groups is 1. The molecule has 1 aliphatic rings. The van der Waals surface area contributed by atoms with E-state index in [1.165, 1.54) is 11.1 Å². The number of para-hydroxylation sites is 1. The first-order valence-electron chi connectivity index (χ1n) is 8.94. The van der Waals surface area contributed by atoms with Gasteiger partial charge in [-0.25, -0.2) is 0 Å². The smallest absolute Gasteiger partial charge is 0.196 e. The van der Waals surface area contributed by atoms with Crippen molar-refractivity contribution in [1.29, 1.82) is 0 Å². The molecule has 0 bridgehead atoms. The summed E-state index contributed by atoms with van der Waals surface area (Å²) in [5, 5.41) is 7.39. The largest absolute Gasteiger partial charge is 0.398 e. The van der Waals surface area contributed by atoms with E-state index in [-0.39, 0.29) is 5.92 Å². The second-order valence-electron chi connectivity index (χ2n) is 6.57. The fourth-order valence-corrected chi connectivity index (χ4v) is 3.44. The van der Waals surface area contributed by atoms with Gasteiger partial charge in [0, 0.05) is 18.2 Å². The Bertz CT molecular complexity index is 969. The van der Waals surface area contributed by atoms with E-state index in [0.29, 0.717) is 23.8 Å². The molecule has 0 radical (unpaired) electrons. The fraction of sp³-hybridized carbons (Fsp3) is 0.136. The van der Waals surface area contributed by atoms with Crippen LogP contribution in [-0.4, -0.2) is 12.5 Å². The maximum Gasteiger partial charge on any atom is 0.196 e. The van der Waals surface area contributed by atoms with Crippen molar-refractivity contribution in [3.63, 3.8) is 0 Å². The first-order valence-corrected chi connectivity index (χ1v) is 9.31. The van der Waals surface area contributed by atoms with E-state index in [1.54, 1.807) is 0 Å². The van der Waals surface area contributed by atoms with Gasteiger partial charge >= 0.3 is 0 Å². The molecule has 4 nitrogen and oxygen atoms in total. The monoisotopic (exact) mass is 376 g/mol. The highest BCUT2D eigenvalue weighted by Crippen LogP contribution is 2.32. The number of nitrogens with two attached hydrogens (primary N) is 1. The van der Waals surface area contributed by atoms with E-state index in [0.717, 1.165) is 17.2 Å². The first-order chi connectivity index (χ1) is 13.2. The topological polar surface area (TPSA) is 62.4 Å². The minimum atomic E-state index is 0.223. The summed E-state index contributed by atoms with van der Waals surface area (Å²) in [6, 6.07) is 24.5. The number of halogens is 1. The number of nitrogens with one attached hydrogen (secondary N) is 2. The van der Waals surface area contributed by atoms with Crippen LogP contribution in [0.5, 0.6) is 0 Å². The van der Waals surface area contributed by atoms with Crippen LogP contribution in [-0.2, 0) is 6.54 Å². The van der Waals surface area contributed by atoms with Crippen molar-refractivity contribution in [2.24, 2.45) is 4.99 Å². The van der Waals surface area contributed by atoms with Gasteiger partial charge in [-0.3, -0.25) is 4.99 Å². The van der Waals surface area contributed by atoms with Crippen LogP contribution in [0.4, 0.5) is 11.4 Å². The van der Waals surface area contributed by atoms with Crippen LogP contribution in [0.2, 0.25) is 5.02 Å². The lowest BCUT2D eigenvalue weighted by atomic mass is 9.90. The lowest BCUT2D eigenvalue weighted by Crippen LogP contribution is -2.30. The van der Waals surface area contributed by atoms with Crippen LogP contribution >= 0.6 is 11.6 Å². The van der Waals surface area contributed by atoms with Gasteiger partial charge in [0.25, 0.3) is 0 Å². The fourth-order valence-electron chi connectivity index (χ4n) is 3.32. The van der Waals surface area contributed by atoms with E-state index in [1.807, 2.05) is 30.3 Å². The van der Waals surface area contributed by atoms with Crippen LogP contribution in [0.25, 0.3) is 0 Å². The van der Waals surface area contributed by atoms with Crippen LogP contribution in [0.3, 0.4) is 0 Å². The van der Waals surface area contributed by atoms with Crippen molar-refractivity contribution in [3.8, 4) is 0 Å². The number of nitrogen functional groups attached to an aromatic ring is 1. The lowest BCUT2D eigenvalue weighted by Gasteiger charge is -2.17. The molecule has 4 N–H and O–H groups in total. The van der Waals surface area contributed by atoms with Crippen LogP contribution < -0.4 is 16.4 Å². The molecule has 0 saturated carbocycles. The Balaban J connectivity index is 1.57. The van der Waals surface area contributed by atoms with Gasteiger partial charge in [-0.15, -0.1) is 0 Å². The summed E-state index contributed by atoms with van der Waals surface area (Å²) in [7, 11) is 0. The Morgan fingerprint density at radius 3 is 2.63 bits per heavy atom. The summed E-state index contributed by atoms with van der Waals surface area (Å²) in [4.78, 5) is 4.79. The molecule has 1 aliphatic heterocycles. The van der Waals surface area contributed by atoms with Crippen molar-refractivity contribution >= 4 is 28.9 Å². The third-order valence-electron chi connectivity index (χ3n) is 4.74. The Morgan fingerprint density at radius 2 is 1.81 bits per heavy atom. The van der Waals surface area contributed by atoms with Crippen LogP contribution in [0, 0.1) is 0 Å². The molecule has 5 heteroatoms. The summed E-state index contributed by atoms with van der Waals surface area (Å²) < 4.78 is 0. The first kappa shape index (κ1) is 17.4. The number of rotatable bonds is 3. The molecule has 1 heterocycles. The quantitative estimate of drug-likeness (QED) is 0.584. The maximum absolute atomic E-state index is 6.00. The molecule has 0 saturated heterocycles. The molecule has 4 rings (SSSR count). The third-order valence-corrected chi connectivity index (χ3v) is 5.09. The van der Waals surface area contributed by atoms with Crippen molar-refractivity contribution in [2.75, 3.05) is 17.6 Å². The SMILES string of the molecule is Nc1cc(CNC2=NCC(c3ccccc3)c3ccccc3N2)ccc1Cl. The average Bonchev–Trinajstić information content (AvgIpc) is 2.89. The molecule has 3 aromatic carbocycles. The summed E-state index contributed by atoms with van der Waals surface area (Å²) in [5.74, 6) is 0.981. The number of anilines is 2. The van der Waals surface area contributed by atoms with Gasteiger partial charge < -0.3 is 16.4 Å². The molecule has 0 spiro atoms. The highest BCUT2D eigenvalue weighted by molar-refractivity contribution is 6.33. The van der Waals surface area contributed by atoms with E-state index in [2.05, 4.69) is 53.1 Å². The summed E-state index contributed by atoms with van der Waals surface area (Å²) in [5.41, 5.74) is 11.1. The molecule has 0 amide bonds. The van der Waals surface area contributed by atoms with Gasteiger partial charge in [0.15, 0.2) is 5.96 Å². The second-order valence-corrected chi connectivity index (χ2v) is 6.98. The van der Waals surface area contributed by atoms with Gasteiger partial charge in [-0.1, -0.05) is 66.2 Å². The van der Waals surface area contributed by atoms with Gasteiger partial charge in [-0.05, 0) is 34.9 Å². The molecule has 1 atom stereocenters. The van der Waals surface area contributed by atoms with E-state index >= 15 is 0 Å². The normalized spacial score (nSPS) is 15.9. The molecule has 27 heavy (non-hydrogen) atoms. The molecule has 0 aromatic heterocycles. The van der Waals surface area contributed by atoms with Gasteiger partial charge in [0.05, 0.1) is 17.3 Å². The second kappa shape index (κ2) is 7.72. The number of guanidine groups is 1. The molecule has 1 unspecified atom stereocenters. The van der Waals surface area contributed by atoms with Crippen LogP contribution in [0.15, 0.2) is 77.8 Å². The minimum absolute atomic E-state index is 0.223. The molecule has 0 fully saturated rings. The van der Waals surface area contributed by atoms with Gasteiger partial charge in [0.2, 0.25) is 0 Å². The van der Waals surface area contributed by atoms with Crippen molar-refractivity contribution in [3.05, 3.63) is 94.5 Å². The maximum atomic E-state index is 6.00. The number of fused-ring (bicyclic) bond motifs is 1. The molecule has 0 aliphatic carbocycles. The summed E-state index contributed by atoms with van der Waals surface area (Å²) >= 11 is 6.00. The minimum Gasteiger partial charge on any atom is -0.398 e. The zero-order chi connectivity index (χ0) is 18.6. The predicted molar refractivity (Wildman–Crippen MR) is 113 cm³/mol. The predicted octanol–water partition coefficient (Wildman–Crippen LogP) is 4.63. The number of benzene rings is 3. The van der Waals surface area contributed by atoms with E-state index < -0.39 is 0 Å². The Labute approximate surface area is 164 Å². The van der Waals surface area contributed by atoms with Crippen LogP contribution in [0.1, 0.15) is 22.6 Å². The summed E-state index contributed by atoms with van der Waals surface area (Å²) in [6.07, 6.45) is 0. The Morgan fingerprint density at radius 1 is 1.04 bits per heavy atom. The highest BCUT2D eigenvalue weighted by Gasteiger charge is 2.20. The van der Waals surface area contributed by atoms with Gasteiger partial charge in [0.1, 0.15) is 0 Å². The molecule has 3 aromatic rings. The number of hydrogen-bond acceptors (Lipinski definition) is 4. The van der Waals surface area contributed by atoms with E-state index in [4.69, 9.17) is 22.3 Å². The Hall–Kier alpha value is -2.98. The standard InChI is InChI=1S/C22H21ClN4/c23-19-11-10-15(12-20(19)24)13-25-22-26-14-18(16-6-2-1-3-7-16)17-8-4-5-9-21(17)27-22/h1-12,18H,13-14,24H2,(H2,25,26,27). The molecule has 136 valence electrons. The zero-order valence-electron chi connectivity index (χ0n) is 14.8.